The highest BCUT2D eigenvalue weighted by molar-refractivity contribution is 6.74. The molecule has 1 aliphatic rings. The largest absolute Gasteiger partial charge is 0.497 e. The Bertz CT molecular complexity index is 563. The van der Waals surface area contributed by atoms with Gasteiger partial charge in [-0.25, -0.2) is 0 Å². The van der Waals surface area contributed by atoms with E-state index in [-0.39, 0.29) is 23.0 Å². The minimum atomic E-state index is -1.84. The van der Waals surface area contributed by atoms with E-state index in [0.717, 1.165) is 18.0 Å². The van der Waals surface area contributed by atoms with E-state index < -0.39 is 8.32 Å². The number of benzene rings is 1. The Morgan fingerprint density at radius 3 is 2.22 bits per heavy atom. The number of carbonyl (C=O) groups excluding carboxylic acids is 1. The van der Waals surface area contributed by atoms with Gasteiger partial charge in [0.05, 0.1) is 19.1 Å². The van der Waals surface area contributed by atoms with Crippen LogP contribution < -0.4 is 9.64 Å². The molecule has 5 heteroatoms. The molecule has 23 heavy (non-hydrogen) atoms. The van der Waals surface area contributed by atoms with E-state index in [1.54, 1.807) is 7.11 Å². The van der Waals surface area contributed by atoms with E-state index >= 15 is 0 Å². The number of ether oxygens (including phenoxy) is 1. The molecule has 0 N–H and O–H groups in total. The number of rotatable bonds is 5. The molecule has 0 bridgehead atoms. The first-order chi connectivity index (χ1) is 10.6. The molecule has 1 aromatic carbocycles. The number of amides is 1. The maximum atomic E-state index is 12.5. The van der Waals surface area contributed by atoms with E-state index in [0.29, 0.717) is 0 Å². The van der Waals surface area contributed by atoms with Crippen molar-refractivity contribution in [3.8, 4) is 5.75 Å². The third-order valence-corrected chi connectivity index (χ3v) is 9.77. The van der Waals surface area contributed by atoms with Crippen LogP contribution in [-0.2, 0) is 9.22 Å². The summed E-state index contributed by atoms with van der Waals surface area (Å²) in [7, 11) is -0.205. The Balaban J connectivity index is 1.99. The molecule has 1 aliphatic heterocycles. The zero-order chi connectivity index (χ0) is 17.4. The maximum absolute atomic E-state index is 12.5. The fourth-order valence-corrected chi connectivity index (χ4v) is 3.97. The number of nitrogens with zero attached hydrogens (tertiary/aromatic N) is 1. The van der Waals surface area contributed by atoms with Gasteiger partial charge in [-0.1, -0.05) is 20.8 Å². The molecule has 1 aromatic rings. The van der Waals surface area contributed by atoms with Crippen LogP contribution in [0.15, 0.2) is 24.3 Å². The minimum Gasteiger partial charge on any atom is -0.497 e. The summed E-state index contributed by atoms with van der Waals surface area (Å²) < 4.78 is 11.5. The molecular weight excluding hydrogens is 306 g/mol. The van der Waals surface area contributed by atoms with Gasteiger partial charge in [0.1, 0.15) is 5.75 Å². The van der Waals surface area contributed by atoms with E-state index in [2.05, 4.69) is 33.9 Å². The zero-order valence-corrected chi connectivity index (χ0v) is 16.3. The van der Waals surface area contributed by atoms with E-state index in [4.69, 9.17) is 9.16 Å². The molecule has 0 aromatic heterocycles. The van der Waals surface area contributed by atoms with Gasteiger partial charge in [0.2, 0.25) is 5.91 Å². The molecule has 1 amide bonds. The molecule has 0 aliphatic carbocycles. The third kappa shape index (κ3) is 3.61. The number of carbonyl (C=O) groups is 1. The zero-order valence-electron chi connectivity index (χ0n) is 15.3. The summed E-state index contributed by atoms with van der Waals surface area (Å²) in [5.74, 6) is 0.917. The van der Waals surface area contributed by atoms with Gasteiger partial charge in [-0.3, -0.25) is 4.79 Å². The van der Waals surface area contributed by atoms with Crippen molar-refractivity contribution in [1.29, 1.82) is 0 Å². The van der Waals surface area contributed by atoms with Gasteiger partial charge < -0.3 is 14.1 Å². The molecule has 0 unspecified atom stereocenters. The van der Waals surface area contributed by atoms with Crippen LogP contribution in [0.5, 0.6) is 5.75 Å². The molecular formula is C18H29NO3Si. The Hall–Kier alpha value is -1.33. The molecule has 4 nitrogen and oxygen atoms in total. The summed E-state index contributed by atoms with van der Waals surface area (Å²) in [6, 6.07) is 7.61. The van der Waals surface area contributed by atoms with Crippen molar-refractivity contribution in [1.82, 2.24) is 0 Å². The lowest BCUT2D eigenvalue weighted by Gasteiger charge is -2.45. The summed E-state index contributed by atoms with van der Waals surface area (Å²) in [5.41, 5.74) is 0.923. The molecule has 2 rings (SSSR count). The molecule has 1 fully saturated rings. The van der Waals surface area contributed by atoms with Crippen molar-refractivity contribution in [2.24, 2.45) is 5.92 Å². The van der Waals surface area contributed by atoms with Gasteiger partial charge in [0, 0.05) is 12.2 Å². The van der Waals surface area contributed by atoms with Crippen molar-refractivity contribution in [2.45, 2.75) is 51.9 Å². The van der Waals surface area contributed by atoms with Gasteiger partial charge in [0.15, 0.2) is 8.32 Å². The topological polar surface area (TPSA) is 38.8 Å². The van der Waals surface area contributed by atoms with Crippen molar-refractivity contribution in [2.75, 3.05) is 18.6 Å². The van der Waals surface area contributed by atoms with E-state index in [1.807, 2.05) is 36.1 Å². The van der Waals surface area contributed by atoms with Gasteiger partial charge in [-0.05, 0) is 49.3 Å². The van der Waals surface area contributed by atoms with Gasteiger partial charge in [-0.15, -0.1) is 0 Å². The average molecular weight is 336 g/mol. The molecule has 0 saturated carbocycles. The lowest BCUT2D eigenvalue weighted by Crippen LogP contribution is -2.59. The van der Waals surface area contributed by atoms with E-state index in [9.17, 15) is 4.79 Å². The second kappa shape index (κ2) is 6.28. The number of methoxy groups -OCH3 is 1. The fraction of sp³-hybridized carbons (Fsp3) is 0.611. The first-order valence-electron chi connectivity index (χ1n) is 8.20. The summed E-state index contributed by atoms with van der Waals surface area (Å²) in [5, 5.41) is 0.156. The van der Waals surface area contributed by atoms with Crippen LogP contribution in [0.1, 0.15) is 27.7 Å². The van der Waals surface area contributed by atoms with Crippen molar-refractivity contribution in [3.63, 3.8) is 0 Å². The lowest BCUT2D eigenvalue weighted by molar-refractivity contribution is -0.130. The normalized spacial score (nSPS) is 20.2. The minimum absolute atomic E-state index is 0.0297. The van der Waals surface area contributed by atoms with Crippen LogP contribution in [-0.4, -0.2) is 34.0 Å². The second-order valence-corrected chi connectivity index (χ2v) is 12.6. The standard InChI is InChI=1S/C18H29NO3Si/c1-13(22-23(6,7)18(2,3)4)16-12-19(17(16)20)14-8-10-15(21-5)11-9-14/h8-11,13,16H,12H2,1-7H3/t13-,16+/m1/s1. The highest BCUT2D eigenvalue weighted by Crippen LogP contribution is 2.39. The quantitative estimate of drug-likeness (QED) is 0.601. The van der Waals surface area contributed by atoms with Crippen LogP contribution in [0.2, 0.25) is 18.1 Å². The highest BCUT2D eigenvalue weighted by atomic mass is 28.4. The first kappa shape index (κ1) is 18.0. The lowest BCUT2D eigenvalue weighted by atomic mass is 9.93. The monoisotopic (exact) mass is 335 g/mol. The Kier molecular flexibility index (Phi) is 4.92. The average Bonchev–Trinajstić information content (AvgIpc) is 2.44. The number of hydrogen-bond acceptors (Lipinski definition) is 3. The van der Waals surface area contributed by atoms with E-state index in [1.165, 1.54) is 0 Å². The third-order valence-electron chi connectivity index (χ3n) is 5.20. The van der Waals surface area contributed by atoms with Crippen LogP contribution in [0.4, 0.5) is 5.69 Å². The summed E-state index contributed by atoms with van der Waals surface area (Å²) in [6.45, 7) is 13.9. The number of anilines is 1. The fourth-order valence-electron chi connectivity index (χ4n) is 2.52. The second-order valence-electron chi connectivity index (χ2n) is 7.84. The first-order valence-corrected chi connectivity index (χ1v) is 11.1. The molecule has 1 heterocycles. The molecule has 2 atom stereocenters. The van der Waals surface area contributed by atoms with Gasteiger partial charge in [-0.2, -0.15) is 0 Å². The van der Waals surface area contributed by atoms with Crippen molar-refractivity contribution in [3.05, 3.63) is 24.3 Å². The predicted molar refractivity (Wildman–Crippen MR) is 96.6 cm³/mol. The van der Waals surface area contributed by atoms with Crippen molar-refractivity contribution < 1.29 is 14.0 Å². The SMILES string of the molecule is COc1ccc(N2C[C@@H]([C@@H](C)O[Si](C)(C)C(C)(C)C)C2=O)cc1. The van der Waals surface area contributed by atoms with Crippen LogP contribution in [0.3, 0.4) is 0 Å². The molecule has 0 spiro atoms. The summed E-state index contributed by atoms with van der Waals surface area (Å²) >= 11 is 0. The van der Waals surface area contributed by atoms with Gasteiger partial charge >= 0.3 is 0 Å². The smallest absolute Gasteiger partial charge is 0.234 e. The van der Waals surface area contributed by atoms with Crippen molar-refractivity contribution >= 4 is 19.9 Å². The highest BCUT2D eigenvalue weighted by Gasteiger charge is 2.46. The Labute approximate surface area is 140 Å². The summed E-state index contributed by atoms with van der Waals surface area (Å²) in [4.78, 5) is 14.3. The predicted octanol–water partition coefficient (Wildman–Crippen LogP) is 4.07. The molecule has 128 valence electrons. The number of β-lactam (4-membered cyclic amide) rings is 1. The van der Waals surface area contributed by atoms with Crippen LogP contribution in [0, 0.1) is 5.92 Å². The number of hydrogen-bond donors (Lipinski definition) is 0. The molecule has 0 radical (unpaired) electrons. The maximum Gasteiger partial charge on any atom is 0.234 e. The van der Waals surface area contributed by atoms with Gasteiger partial charge in [0.25, 0.3) is 0 Å². The summed E-state index contributed by atoms with van der Waals surface area (Å²) in [6.07, 6.45) is -0.0297. The van der Waals surface area contributed by atoms with Crippen LogP contribution >= 0.6 is 0 Å². The van der Waals surface area contributed by atoms with Crippen LogP contribution in [0.25, 0.3) is 0 Å². The Morgan fingerprint density at radius 1 is 1.22 bits per heavy atom. The molecule has 1 saturated heterocycles. The Morgan fingerprint density at radius 2 is 1.78 bits per heavy atom.